The Morgan fingerprint density at radius 1 is 1.37 bits per heavy atom. The van der Waals surface area contributed by atoms with Gasteiger partial charge in [0.2, 0.25) is 0 Å². The number of hydrogen-bond acceptors (Lipinski definition) is 3. The second-order valence-electron chi connectivity index (χ2n) is 6.10. The molecule has 3 nitrogen and oxygen atoms in total. The van der Waals surface area contributed by atoms with Gasteiger partial charge in [0.05, 0.1) is 6.26 Å². The van der Waals surface area contributed by atoms with Crippen molar-refractivity contribution in [2.45, 2.75) is 31.7 Å². The van der Waals surface area contributed by atoms with E-state index >= 15 is 0 Å². The summed E-state index contributed by atoms with van der Waals surface area (Å²) in [5.41, 5.74) is 2.35. The minimum absolute atomic E-state index is 0.0786. The van der Waals surface area contributed by atoms with Crippen LogP contribution in [0.1, 0.15) is 25.8 Å². The highest BCUT2D eigenvalue weighted by molar-refractivity contribution is 5.82. The molecule has 2 aromatic rings. The fourth-order valence-electron chi connectivity index (χ4n) is 2.83. The van der Waals surface area contributed by atoms with Crippen LogP contribution in [0, 0.1) is 0 Å². The SMILES string of the molecule is CC(C)(CNC1CCNC1)c1coc2ccccc12. The van der Waals surface area contributed by atoms with Crippen LogP contribution < -0.4 is 10.6 Å². The van der Waals surface area contributed by atoms with E-state index in [9.17, 15) is 0 Å². The molecule has 2 heterocycles. The summed E-state index contributed by atoms with van der Waals surface area (Å²) in [6.45, 7) is 7.75. The number of furan rings is 1. The molecule has 1 aromatic carbocycles. The van der Waals surface area contributed by atoms with Crippen molar-refractivity contribution >= 4 is 11.0 Å². The van der Waals surface area contributed by atoms with Crippen LogP contribution in [-0.2, 0) is 5.41 Å². The van der Waals surface area contributed by atoms with Crippen molar-refractivity contribution in [2.75, 3.05) is 19.6 Å². The first kappa shape index (κ1) is 12.7. The zero-order valence-corrected chi connectivity index (χ0v) is 11.7. The van der Waals surface area contributed by atoms with Crippen molar-refractivity contribution in [3.63, 3.8) is 0 Å². The third kappa shape index (κ3) is 2.53. The Hall–Kier alpha value is -1.32. The van der Waals surface area contributed by atoms with E-state index in [-0.39, 0.29) is 5.41 Å². The molecule has 1 aliphatic heterocycles. The fraction of sp³-hybridized carbons (Fsp3) is 0.500. The Balaban J connectivity index is 1.78. The van der Waals surface area contributed by atoms with Crippen molar-refractivity contribution in [1.82, 2.24) is 10.6 Å². The van der Waals surface area contributed by atoms with Gasteiger partial charge in [0.1, 0.15) is 5.58 Å². The molecule has 1 aromatic heterocycles. The van der Waals surface area contributed by atoms with Gasteiger partial charge in [-0.3, -0.25) is 0 Å². The Morgan fingerprint density at radius 3 is 3.00 bits per heavy atom. The molecule has 0 amide bonds. The molecule has 0 spiro atoms. The van der Waals surface area contributed by atoms with Gasteiger partial charge in [-0.25, -0.2) is 0 Å². The maximum absolute atomic E-state index is 5.67. The van der Waals surface area contributed by atoms with Gasteiger partial charge in [-0.2, -0.15) is 0 Å². The van der Waals surface area contributed by atoms with Crippen LogP contribution >= 0.6 is 0 Å². The van der Waals surface area contributed by atoms with Crippen molar-refractivity contribution in [2.24, 2.45) is 0 Å². The molecule has 0 saturated carbocycles. The average molecular weight is 258 g/mol. The molecule has 1 fully saturated rings. The largest absolute Gasteiger partial charge is 0.464 e. The van der Waals surface area contributed by atoms with Crippen molar-refractivity contribution < 1.29 is 4.42 Å². The number of nitrogens with one attached hydrogen (secondary N) is 2. The standard InChI is InChI=1S/C16H22N2O/c1-16(2,11-18-12-7-8-17-9-12)14-10-19-15-6-4-3-5-13(14)15/h3-6,10,12,17-18H,7-9,11H2,1-2H3. The van der Waals surface area contributed by atoms with E-state index in [1.54, 1.807) is 0 Å². The van der Waals surface area contributed by atoms with Gasteiger partial charge < -0.3 is 15.1 Å². The summed E-state index contributed by atoms with van der Waals surface area (Å²) >= 11 is 0. The first-order chi connectivity index (χ1) is 9.17. The summed E-state index contributed by atoms with van der Waals surface area (Å²) in [6.07, 6.45) is 3.14. The van der Waals surface area contributed by atoms with E-state index in [2.05, 4.69) is 36.6 Å². The highest BCUT2D eigenvalue weighted by atomic mass is 16.3. The van der Waals surface area contributed by atoms with E-state index < -0.39 is 0 Å². The fourth-order valence-corrected chi connectivity index (χ4v) is 2.83. The molecule has 0 bridgehead atoms. The van der Waals surface area contributed by atoms with Crippen LogP contribution in [0.3, 0.4) is 0 Å². The summed E-state index contributed by atoms with van der Waals surface area (Å²) in [7, 11) is 0. The molecular formula is C16H22N2O. The average Bonchev–Trinajstić information content (AvgIpc) is 3.06. The van der Waals surface area contributed by atoms with Crippen LogP contribution in [0.15, 0.2) is 34.9 Å². The van der Waals surface area contributed by atoms with E-state index in [1.807, 2.05) is 18.4 Å². The van der Waals surface area contributed by atoms with Crippen molar-refractivity contribution in [3.05, 3.63) is 36.1 Å². The molecule has 102 valence electrons. The Labute approximate surface area is 114 Å². The third-order valence-corrected chi connectivity index (χ3v) is 4.10. The van der Waals surface area contributed by atoms with Crippen LogP contribution in [0.25, 0.3) is 11.0 Å². The Morgan fingerprint density at radius 2 is 2.21 bits per heavy atom. The number of benzene rings is 1. The number of fused-ring (bicyclic) bond motifs is 1. The molecular weight excluding hydrogens is 236 g/mol. The molecule has 1 atom stereocenters. The lowest BCUT2D eigenvalue weighted by atomic mass is 9.84. The van der Waals surface area contributed by atoms with E-state index in [4.69, 9.17) is 4.42 Å². The van der Waals surface area contributed by atoms with Crippen LogP contribution in [-0.4, -0.2) is 25.7 Å². The first-order valence-electron chi connectivity index (χ1n) is 7.08. The Kier molecular flexibility index (Phi) is 3.33. The molecule has 2 N–H and O–H groups in total. The van der Waals surface area contributed by atoms with E-state index in [0.717, 1.165) is 25.2 Å². The van der Waals surface area contributed by atoms with Gasteiger partial charge in [0.15, 0.2) is 0 Å². The zero-order valence-electron chi connectivity index (χ0n) is 11.7. The molecule has 19 heavy (non-hydrogen) atoms. The predicted octanol–water partition coefficient (Wildman–Crippen LogP) is 2.66. The van der Waals surface area contributed by atoms with Gasteiger partial charge in [-0.1, -0.05) is 32.0 Å². The second-order valence-corrected chi connectivity index (χ2v) is 6.10. The summed E-state index contributed by atoms with van der Waals surface area (Å²) in [5, 5.41) is 8.30. The van der Waals surface area contributed by atoms with Gasteiger partial charge in [0, 0.05) is 35.5 Å². The van der Waals surface area contributed by atoms with E-state index in [1.165, 1.54) is 17.4 Å². The molecule has 1 saturated heterocycles. The maximum atomic E-state index is 5.67. The third-order valence-electron chi connectivity index (χ3n) is 4.10. The monoisotopic (exact) mass is 258 g/mol. The Bertz CT molecular complexity index is 553. The van der Waals surface area contributed by atoms with Gasteiger partial charge in [-0.15, -0.1) is 0 Å². The highest BCUT2D eigenvalue weighted by Crippen LogP contribution is 2.31. The zero-order chi connectivity index (χ0) is 13.3. The molecule has 3 rings (SSSR count). The van der Waals surface area contributed by atoms with Crippen LogP contribution in [0.5, 0.6) is 0 Å². The summed E-state index contributed by atoms with van der Waals surface area (Å²) in [6, 6.07) is 8.88. The quantitative estimate of drug-likeness (QED) is 0.885. The van der Waals surface area contributed by atoms with Crippen LogP contribution in [0.2, 0.25) is 0 Å². The molecule has 1 aliphatic rings. The van der Waals surface area contributed by atoms with Gasteiger partial charge in [0.25, 0.3) is 0 Å². The lowest BCUT2D eigenvalue weighted by Crippen LogP contribution is -2.40. The van der Waals surface area contributed by atoms with Crippen molar-refractivity contribution in [3.8, 4) is 0 Å². The topological polar surface area (TPSA) is 37.2 Å². The molecule has 0 aliphatic carbocycles. The van der Waals surface area contributed by atoms with Crippen LogP contribution in [0.4, 0.5) is 0 Å². The van der Waals surface area contributed by atoms with Gasteiger partial charge in [-0.05, 0) is 19.0 Å². The predicted molar refractivity (Wildman–Crippen MR) is 78.5 cm³/mol. The first-order valence-corrected chi connectivity index (χ1v) is 7.08. The lowest BCUT2D eigenvalue weighted by Gasteiger charge is -2.26. The van der Waals surface area contributed by atoms with Crippen molar-refractivity contribution in [1.29, 1.82) is 0 Å². The maximum Gasteiger partial charge on any atom is 0.134 e. The van der Waals surface area contributed by atoms with E-state index in [0.29, 0.717) is 6.04 Å². The normalized spacial score (nSPS) is 20.2. The summed E-state index contributed by atoms with van der Waals surface area (Å²) in [4.78, 5) is 0. The van der Waals surface area contributed by atoms with Gasteiger partial charge >= 0.3 is 0 Å². The number of rotatable bonds is 4. The molecule has 0 radical (unpaired) electrons. The highest BCUT2D eigenvalue weighted by Gasteiger charge is 2.26. The summed E-state index contributed by atoms with van der Waals surface area (Å²) < 4.78 is 5.67. The minimum atomic E-state index is 0.0786. The number of para-hydroxylation sites is 1. The number of hydrogen-bond donors (Lipinski definition) is 2. The smallest absolute Gasteiger partial charge is 0.134 e. The summed E-state index contributed by atoms with van der Waals surface area (Å²) in [5.74, 6) is 0. The lowest BCUT2D eigenvalue weighted by molar-refractivity contribution is 0.426. The molecule has 3 heteroatoms. The second kappa shape index (κ2) is 4.99. The molecule has 1 unspecified atom stereocenters. The minimum Gasteiger partial charge on any atom is -0.464 e.